The van der Waals surface area contributed by atoms with Gasteiger partial charge in [0.05, 0.1) is 13.2 Å². The van der Waals surface area contributed by atoms with Crippen molar-refractivity contribution in [3.8, 4) is 0 Å². The second-order valence-electron chi connectivity index (χ2n) is 6.35. The number of nitrogens with zero attached hydrogens (tertiary/aromatic N) is 1. The summed E-state index contributed by atoms with van der Waals surface area (Å²) >= 11 is 2.10. The Morgan fingerprint density at radius 2 is 2.11 bits per heavy atom. The van der Waals surface area contributed by atoms with E-state index in [0.29, 0.717) is 17.5 Å². The molecule has 2 fully saturated rings. The van der Waals surface area contributed by atoms with Crippen LogP contribution in [0.1, 0.15) is 27.2 Å². The molecule has 2 unspecified atom stereocenters. The van der Waals surface area contributed by atoms with Crippen LogP contribution in [-0.2, 0) is 4.74 Å². The fraction of sp³-hybridized carbons (Fsp3) is 1.00. The molecule has 4 heteroatoms. The number of hydrogen-bond donors (Lipinski definition) is 1. The van der Waals surface area contributed by atoms with Crippen molar-refractivity contribution in [1.82, 2.24) is 10.2 Å². The third kappa shape index (κ3) is 4.12. The predicted molar refractivity (Wildman–Crippen MR) is 79.4 cm³/mol. The average molecular weight is 272 g/mol. The second kappa shape index (κ2) is 6.60. The fourth-order valence-electron chi connectivity index (χ4n) is 2.78. The van der Waals surface area contributed by atoms with Gasteiger partial charge in [0.25, 0.3) is 0 Å². The molecule has 2 atom stereocenters. The molecule has 3 nitrogen and oxygen atoms in total. The Morgan fingerprint density at radius 1 is 1.39 bits per heavy atom. The quantitative estimate of drug-likeness (QED) is 0.844. The Kier molecular flexibility index (Phi) is 5.36. The van der Waals surface area contributed by atoms with Crippen LogP contribution in [0.15, 0.2) is 0 Å². The van der Waals surface area contributed by atoms with Gasteiger partial charge in [-0.1, -0.05) is 13.8 Å². The molecule has 0 aliphatic carbocycles. The van der Waals surface area contributed by atoms with Crippen LogP contribution in [0.3, 0.4) is 0 Å². The highest BCUT2D eigenvalue weighted by atomic mass is 32.2. The molecule has 0 spiro atoms. The van der Waals surface area contributed by atoms with Gasteiger partial charge in [-0.15, -0.1) is 0 Å². The lowest BCUT2D eigenvalue weighted by atomic mass is 9.82. The van der Waals surface area contributed by atoms with E-state index >= 15 is 0 Å². The van der Waals surface area contributed by atoms with E-state index < -0.39 is 0 Å². The van der Waals surface area contributed by atoms with Crippen LogP contribution in [0.25, 0.3) is 0 Å². The minimum Gasteiger partial charge on any atom is -0.379 e. The van der Waals surface area contributed by atoms with Crippen LogP contribution in [0.2, 0.25) is 0 Å². The molecule has 1 N–H and O–H groups in total. The van der Waals surface area contributed by atoms with E-state index in [0.717, 1.165) is 32.8 Å². The Bertz CT molecular complexity index is 254. The summed E-state index contributed by atoms with van der Waals surface area (Å²) in [5, 5.41) is 3.85. The van der Waals surface area contributed by atoms with E-state index in [2.05, 4.69) is 42.7 Å². The smallest absolute Gasteiger partial charge is 0.0594 e. The van der Waals surface area contributed by atoms with Crippen molar-refractivity contribution in [2.24, 2.45) is 5.41 Å². The molecule has 0 aromatic carbocycles. The van der Waals surface area contributed by atoms with Crippen molar-refractivity contribution in [3.05, 3.63) is 0 Å². The maximum atomic E-state index is 5.40. The summed E-state index contributed by atoms with van der Waals surface area (Å²) in [4.78, 5) is 2.52. The van der Waals surface area contributed by atoms with Gasteiger partial charge in [-0.3, -0.25) is 4.90 Å². The van der Waals surface area contributed by atoms with Crippen molar-refractivity contribution in [2.75, 3.05) is 44.4 Å². The summed E-state index contributed by atoms with van der Waals surface area (Å²) in [7, 11) is 0. The van der Waals surface area contributed by atoms with Crippen molar-refractivity contribution < 1.29 is 4.74 Å². The van der Waals surface area contributed by atoms with Gasteiger partial charge >= 0.3 is 0 Å². The minimum absolute atomic E-state index is 0.449. The number of nitrogens with one attached hydrogen (secondary N) is 1. The molecule has 2 saturated heterocycles. The van der Waals surface area contributed by atoms with Crippen molar-refractivity contribution in [2.45, 2.75) is 39.3 Å². The number of ether oxygens (including phenoxy) is 1. The fourth-order valence-corrected chi connectivity index (χ4v) is 4.40. The van der Waals surface area contributed by atoms with E-state index in [1.807, 2.05) is 0 Å². The number of morpholine rings is 1. The Hall–Kier alpha value is 0.230. The zero-order chi connectivity index (χ0) is 13.0. The first-order chi connectivity index (χ1) is 8.58. The molecule has 2 heterocycles. The summed E-state index contributed by atoms with van der Waals surface area (Å²) in [5.74, 6) is 2.59. The minimum atomic E-state index is 0.449. The van der Waals surface area contributed by atoms with Gasteiger partial charge in [0.15, 0.2) is 0 Å². The van der Waals surface area contributed by atoms with Gasteiger partial charge in [0.2, 0.25) is 0 Å². The largest absolute Gasteiger partial charge is 0.379 e. The summed E-state index contributed by atoms with van der Waals surface area (Å²) in [6.07, 6.45) is 1.33. The normalized spacial score (nSPS) is 31.2. The predicted octanol–water partition coefficient (Wildman–Crippen LogP) is 1.83. The summed E-state index contributed by atoms with van der Waals surface area (Å²) in [6, 6.07) is 1.23. The first-order valence-electron chi connectivity index (χ1n) is 7.22. The van der Waals surface area contributed by atoms with Crippen molar-refractivity contribution >= 4 is 11.8 Å². The Balaban J connectivity index is 1.77. The average Bonchev–Trinajstić information content (AvgIpc) is 2.33. The van der Waals surface area contributed by atoms with Crippen LogP contribution in [0.4, 0.5) is 0 Å². The lowest BCUT2D eigenvalue weighted by Gasteiger charge is -2.41. The van der Waals surface area contributed by atoms with Crippen LogP contribution in [-0.4, -0.2) is 61.3 Å². The zero-order valence-corrected chi connectivity index (χ0v) is 12.9. The molecule has 0 saturated carbocycles. The molecule has 0 aromatic heterocycles. The number of rotatable bonds is 4. The SMILES string of the molecule is CC(CN1CCOCC1)NC1CSCCC1(C)C. The van der Waals surface area contributed by atoms with Gasteiger partial charge in [-0.2, -0.15) is 11.8 Å². The van der Waals surface area contributed by atoms with Crippen molar-refractivity contribution in [3.63, 3.8) is 0 Å². The van der Waals surface area contributed by atoms with E-state index in [4.69, 9.17) is 4.74 Å². The van der Waals surface area contributed by atoms with Crippen LogP contribution >= 0.6 is 11.8 Å². The second-order valence-corrected chi connectivity index (χ2v) is 7.50. The molecular formula is C14H28N2OS. The maximum Gasteiger partial charge on any atom is 0.0594 e. The third-order valence-electron chi connectivity index (χ3n) is 4.24. The summed E-state index contributed by atoms with van der Waals surface area (Å²) < 4.78 is 5.40. The highest BCUT2D eigenvalue weighted by molar-refractivity contribution is 7.99. The molecule has 18 heavy (non-hydrogen) atoms. The van der Waals surface area contributed by atoms with Crippen molar-refractivity contribution in [1.29, 1.82) is 0 Å². The molecule has 2 aliphatic rings. The van der Waals surface area contributed by atoms with Crippen LogP contribution < -0.4 is 5.32 Å². The Labute approximate surface area is 116 Å². The van der Waals surface area contributed by atoms with Crippen LogP contribution in [0, 0.1) is 5.41 Å². The number of thioether (sulfide) groups is 1. The van der Waals surface area contributed by atoms with Crippen LogP contribution in [0.5, 0.6) is 0 Å². The molecule has 2 rings (SSSR count). The Morgan fingerprint density at radius 3 is 2.78 bits per heavy atom. The zero-order valence-electron chi connectivity index (χ0n) is 12.1. The van der Waals surface area contributed by atoms with E-state index in [1.54, 1.807) is 0 Å². The molecule has 0 aromatic rings. The van der Waals surface area contributed by atoms with Gasteiger partial charge in [0, 0.05) is 37.5 Å². The highest BCUT2D eigenvalue weighted by Gasteiger charge is 2.33. The monoisotopic (exact) mass is 272 g/mol. The lowest BCUT2D eigenvalue weighted by Crippen LogP contribution is -2.53. The molecule has 0 bridgehead atoms. The summed E-state index contributed by atoms with van der Waals surface area (Å²) in [5.41, 5.74) is 0.449. The van der Waals surface area contributed by atoms with E-state index in [1.165, 1.54) is 17.9 Å². The van der Waals surface area contributed by atoms with E-state index in [9.17, 15) is 0 Å². The highest BCUT2D eigenvalue weighted by Crippen LogP contribution is 2.34. The molecule has 106 valence electrons. The molecule has 0 amide bonds. The molecule has 0 radical (unpaired) electrons. The maximum absolute atomic E-state index is 5.40. The molecule has 2 aliphatic heterocycles. The van der Waals surface area contributed by atoms with Gasteiger partial charge in [-0.25, -0.2) is 0 Å². The standard InChI is InChI=1S/C14H28N2OS/c1-12(10-16-5-7-17-8-6-16)15-13-11-18-9-4-14(13,2)3/h12-13,15H,4-11H2,1-3H3. The number of hydrogen-bond acceptors (Lipinski definition) is 4. The van der Waals surface area contributed by atoms with Gasteiger partial charge in [0.1, 0.15) is 0 Å². The first-order valence-corrected chi connectivity index (χ1v) is 8.37. The van der Waals surface area contributed by atoms with Gasteiger partial charge < -0.3 is 10.1 Å². The van der Waals surface area contributed by atoms with Gasteiger partial charge in [-0.05, 0) is 24.5 Å². The topological polar surface area (TPSA) is 24.5 Å². The lowest BCUT2D eigenvalue weighted by molar-refractivity contribution is 0.0329. The third-order valence-corrected chi connectivity index (χ3v) is 5.30. The molecular weight excluding hydrogens is 244 g/mol. The summed E-state index contributed by atoms with van der Waals surface area (Å²) in [6.45, 7) is 12.3. The first kappa shape index (κ1) is 14.6. The van der Waals surface area contributed by atoms with E-state index in [-0.39, 0.29) is 0 Å².